The molecule has 1 aliphatic carbocycles. The van der Waals surface area contributed by atoms with E-state index < -0.39 is 17.5 Å². The van der Waals surface area contributed by atoms with Gasteiger partial charge in [-0.25, -0.2) is 8.78 Å². The highest BCUT2D eigenvalue weighted by molar-refractivity contribution is 6.06. The van der Waals surface area contributed by atoms with Gasteiger partial charge in [0.05, 0.1) is 12.3 Å². The maximum atomic E-state index is 14.4. The molecular formula is C23H19F2NO2. The molecule has 1 amide bonds. The van der Waals surface area contributed by atoms with Crippen LogP contribution in [0.2, 0.25) is 0 Å². The summed E-state index contributed by atoms with van der Waals surface area (Å²) in [5.74, 6) is -0.665. The highest BCUT2D eigenvalue weighted by Crippen LogP contribution is 2.32. The molecule has 3 aromatic carbocycles. The maximum Gasteiger partial charge on any atom is 0.255 e. The fourth-order valence-electron chi connectivity index (χ4n) is 2.93. The van der Waals surface area contributed by atoms with Gasteiger partial charge in [0.2, 0.25) is 0 Å². The first-order valence-corrected chi connectivity index (χ1v) is 9.19. The molecule has 1 N–H and O–H groups in total. The minimum atomic E-state index is -0.823. The van der Waals surface area contributed by atoms with E-state index in [9.17, 15) is 13.6 Å². The zero-order valence-corrected chi connectivity index (χ0v) is 15.1. The topological polar surface area (TPSA) is 38.3 Å². The van der Waals surface area contributed by atoms with Crippen molar-refractivity contribution in [3.05, 3.63) is 83.9 Å². The summed E-state index contributed by atoms with van der Waals surface area (Å²) in [5.41, 5.74) is 1.21. The van der Waals surface area contributed by atoms with Crippen molar-refractivity contribution in [3.8, 4) is 16.9 Å². The monoisotopic (exact) mass is 379 g/mol. The van der Waals surface area contributed by atoms with Gasteiger partial charge in [0.25, 0.3) is 5.91 Å². The smallest absolute Gasteiger partial charge is 0.255 e. The number of carbonyl (C=O) groups excluding carboxylic acids is 1. The summed E-state index contributed by atoms with van der Waals surface area (Å²) in [7, 11) is 0. The van der Waals surface area contributed by atoms with Gasteiger partial charge in [0.1, 0.15) is 17.4 Å². The molecular weight excluding hydrogens is 360 g/mol. The second-order valence-electron chi connectivity index (χ2n) is 6.91. The predicted octanol–water partition coefficient (Wildman–Crippen LogP) is 5.67. The molecule has 0 atom stereocenters. The first-order valence-electron chi connectivity index (χ1n) is 9.19. The SMILES string of the molecule is O=C(Nc1c(F)cc(F)cc1-c1ccccc1)c1ccc(OCC2CC2)cc1. The lowest BCUT2D eigenvalue weighted by atomic mass is 10.0. The lowest BCUT2D eigenvalue weighted by Crippen LogP contribution is -2.14. The highest BCUT2D eigenvalue weighted by atomic mass is 19.1. The van der Waals surface area contributed by atoms with Gasteiger partial charge >= 0.3 is 0 Å². The number of halogens is 2. The Morgan fingerprint density at radius 1 is 1.00 bits per heavy atom. The third-order valence-corrected chi connectivity index (χ3v) is 4.68. The van der Waals surface area contributed by atoms with Crippen molar-refractivity contribution >= 4 is 11.6 Å². The largest absolute Gasteiger partial charge is 0.493 e. The molecule has 0 unspecified atom stereocenters. The number of benzene rings is 3. The molecule has 3 aromatic rings. The Balaban J connectivity index is 1.55. The summed E-state index contributed by atoms with van der Waals surface area (Å²) in [6.45, 7) is 0.687. The van der Waals surface area contributed by atoms with Gasteiger partial charge in [-0.2, -0.15) is 0 Å². The number of hydrogen-bond acceptors (Lipinski definition) is 2. The quantitative estimate of drug-likeness (QED) is 0.599. The van der Waals surface area contributed by atoms with Crippen LogP contribution in [0.3, 0.4) is 0 Å². The van der Waals surface area contributed by atoms with Crippen LogP contribution in [0.4, 0.5) is 14.5 Å². The van der Waals surface area contributed by atoms with Crippen LogP contribution in [0.15, 0.2) is 66.7 Å². The van der Waals surface area contributed by atoms with E-state index in [1.165, 1.54) is 18.9 Å². The minimum absolute atomic E-state index is 0.0494. The first-order chi connectivity index (χ1) is 13.6. The Morgan fingerprint density at radius 2 is 1.71 bits per heavy atom. The molecule has 0 heterocycles. The molecule has 1 fully saturated rings. The summed E-state index contributed by atoms with van der Waals surface area (Å²) in [6.07, 6.45) is 2.40. The second-order valence-corrected chi connectivity index (χ2v) is 6.91. The van der Waals surface area contributed by atoms with Crippen LogP contribution in [0, 0.1) is 17.6 Å². The average molecular weight is 379 g/mol. The summed E-state index contributed by atoms with van der Waals surface area (Å²) >= 11 is 0. The first kappa shape index (κ1) is 18.2. The molecule has 1 aliphatic rings. The van der Waals surface area contributed by atoms with Gasteiger partial charge in [-0.05, 0) is 54.7 Å². The van der Waals surface area contributed by atoms with Crippen LogP contribution in [-0.4, -0.2) is 12.5 Å². The number of amides is 1. The van der Waals surface area contributed by atoms with Crippen molar-refractivity contribution < 1.29 is 18.3 Å². The molecule has 0 bridgehead atoms. The number of hydrogen-bond donors (Lipinski definition) is 1. The average Bonchev–Trinajstić information content (AvgIpc) is 3.54. The third-order valence-electron chi connectivity index (χ3n) is 4.68. The standard InChI is InChI=1S/C23H19F2NO2/c24-18-12-20(16-4-2-1-3-5-16)22(21(25)13-18)26-23(27)17-8-10-19(11-9-17)28-14-15-6-7-15/h1-5,8-13,15H,6-7,14H2,(H,26,27). The summed E-state index contributed by atoms with van der Waals surface area (Å²) in [5, 5.41) is 2.58. The van der Waals surface area contributed by atoms with Crippen molar-refractivity contribution in [2.75, 3.05) is 11.9 Å². The van der Waals surface area contributed by atoms with Crippen LogP contribution in [0.25, 0.3) is 11.1 Å². The van der Waals surface area contributed by atoms with Gasteiger partial charge in [0, 0.05) is 17.2 Å². The van der Waals surface area contributed by atoms with Crippen LogP contribution in [0.5, 0.6) is 5.75 Å². The van der Waals surface area contributed by atoms with Gasteiger partial charge in [-0.1, -0.05) is 30.3 Å². The van der Waals surface area contributed by atoms with Crippen LogP contribution in [-0.2, 0) is 0 Å². The third kappa shape index (κ3) is 4.19. The van der Waals surface area contributed by atoms with Gasteiger partial charge < -0.3 is 10.1 Å². The normalized spacial score (nSPS) is 13.2. The Kier molecular flexibility index (Phi) is 5.06. The fourth-order valence-corrected chi connectivity index (χ4v) is 2.93. The zero-order valence-electron chi connectivity index (χ0n) is 15.1. The molecule has 3 nitrogen and oxygen atoms in total. The van der Waals surface area contributed by atoms with E-state index in [4.69, 9.17) is 4.74 Å². The molecule has 0 aliphatic heterocycles. The van der Waals surface area contributed by atoms with Crippen molar-refractivity contribution in [1.29, 1.82) is 0 Å². The van der Waals surface area contributed by atoms with E-state index in [0.29, 0.717) is 29.4 Å². The fraction of sp³-hybridized carbons (Fsp3) is 0.174. The molecule has 0 spiro atoms. The Labute approximate surface area is 162 Å². The van der Waals surface area contributed by atoms with E-state index in [2.05, 4.69) is 5.32 Å². The van der Waals surface area contributed by atoms with Gasteiger partial charge in [-0.15, -0.1) is 0 Å². The Hall–Kier alpha value is -3.21. The Morgan fingerprint density at radius 3 is 2.39 bits per heavy atom. The highest BCUT2D eigenvalue weighted by Gasteiger charge is 2.22. The van der Waals surface area contributed by atoms with Crippen molar-refractivity contribution in [2.24, 2.45) is 5.92 Å². The second kappa shape index (κ2) is 7.80. The lowest BCUT2D eigenvalue weighted by Gasteiger charge is -2.13. The molecule has 0 saturated heterocycles. The van der Waals surface area contributed by atoms with Crippen molar-refractivity contribution in [1.82, 2.24) is 0 Å². The number of carbonyl (C=O) groups is 1. The molecule has 0 aromatic heterocycles. The molecule has 5 heteroatoms. The predicted molar refractivity (Wildman–Crippen MR) is 104 cm³/mol. The number of nitrogens with one attached hydrogen (secondary N) is 1. The van der Waals surface area contributed by atoms with E-state index in [0.717, 1.165) is 6.07 Å². The zero-order chi connectivity index (χ0) is 19.5. The molecule has 0 radical (unpaired) electrons. The number of rotatable bonds is 6. The molecule has 4 rings (SSSR count). The van der Waals surface area contributed by atoms with Crippen molar-refractivity contribution in [3.63, 3.8) is 0 Å². The van der Waals surface area contributed by atoms with Crippen LogP contribution < -0.4 is 10.1 Å². The van der Waals surface area contributed by atoms with E-state index >= 15 is 0 Å². The van der Waals surface area contributed by atoms with E-state index in [-0.39, 0.29) is 11.3 Å². The summed E-state index contributed by atoms with van der Waals surface area (Å²) in [4.78, 5) is 12.6. The van der Waals surface area contributed by atoms with Gasteiger partial charge in [0.15, 0.2) is 0 Å². The van der Waals surface area contributed by atoms with E-state index in [1.54, 1.807) is 48.5 Å². The summed E-state index contributed by atoms with van der Waals surface area (Å²) < 4.78 is 33.9. The number of ether oxygens (including phenoxy) is 1. The Bertz CT molecular complexity index is 983. The van der Waals surface area contributed by atoms with E-state index in [1.807, 2.05) is 6.07 Å². The summed E-state index contributed by atoms with van der Waals surface area (Å²) in [6, 6.07) is 17.5. The maximum absolute atomic E-state index is 14.4. The van der Waals surface area contributed by atoms with Crippen LogP contribution in [0.1, 0.15) is 23.2 Å². The van der Waals surface area contributed by atoms with Crippen molar-refractivity contribution in [2.45, 2.75) is 12.8 Å². The lowest BCUT2D eigenvalue weighted by molar-refractivity contribution is 0.102. The van der Waals surface area contributed by atoms with Gasteiger partial charge in [-0.3, -0.25) is 4.79 Å². The molecule has 1 saturated carbocycles. The molecule has 142 valence electrons. The minimum Gasteiger partial charge on any atom is -0.493 e. The molecule has 28 heavy (non-hydrogen) atoms. The van der Waals surface area contributed by atoms with Crippen LogP contribution >= 0.6 is 0 Å². The number of anilines is 1.